The van der Waals surface area contributed by atoms with Crippen LogP contribution in [0.3, 0.4) is 0 Å². The van der Waals surface area contributed by atoms with Gasteiger partial charge in [0, 0.05) is 19.4 Å². The van der Waals surface area contributed by atoms with Crippen molar-refractivity contribution in [3.05, 3.63) is 18.2 Å². The van der Waals surface area contributed by atoms with Crippen molar-refractivity contribution < 1.29 is 9.90 Å². The molecule has 0 spiro atoms. The maximum atomic E-state index is 11.3. The second kappa shape index (κ2) is 2.38. The van der Waals surface area contributed by atoms with Crippen molar-refractivity contribution in [1.29, 1.82) is 0 Å². The third-order valence-corrected chi connectivity index (χ3v) is 3.31. The quantitative estimate of drug-likeness (QED) is 0.769. The van der Waals surface area contributed by atoms with Crippen LogP contribution in [0.5, 0.6) is 0 Å². The molecule has 1 saturated carbocycles. The number of hydrogen-bond donors (Lipinski definition) is 1. The summed E-state index contributed by atoms with van der Waals surface area (Å²) in [4.78, 5) is 15.4. The number of carbonyl (C=O) groups is 1. The van der Waals surface area contributed by atoms with Crippen LogP contribution in [0, 0.1) is 5.41 Å². The van der Waals surface area contributed by atoms with E-state index in [1.165, 1.54) is 0 Å². The fourth-order valence-electron chi connectivity index (χ4n) is 2.24. The van der Waals surface area contributed by atoms with Crippen molar-refractivity contribution in [2.45, 2.75) is 25.7 Å². The first-order valence-corrected chi connectivity index (χ1v) is 4.63. The van der Waals surface area contributed by atoms with Crippen LogP contribution in [-0.2, 0) is 17.3 Å². The van der Waals surface area contributed by atoms with E-state index in [1.807, 2.05) is 20.9 Å². The smallest absolute Gasteiger partial charge is 0.317 e. The highest BCUT2D eigenvalue weighted by atomic mass is 16.4. The second-order valence-corrected chi connectivity index (χ2v) is 4.63. The summed E-state index contributed by atoms with van der Waals surface area (Å²) in [6.07, 6.45) is 4.10. The Balaban J connectivity index is 2.52. The monoisotopic (exact) mass is 194 g/mol. The number of aryl methyl sites for hydroxylation is 1. The highest BCUT2D eigenvalue weighted by Crippen LogP contribution is 2.63. The van der Waals surface area contributed by atoms with Crippen LogP contribution >= 0.6 is 0 Å². The summed E-state index contributed by atoms with van der Waals surface area (Å²) in [7, 11) is 1.83. The summed E-state index contributed by atoms with van der Waals surface area (Å²) < 4.78 is 1.79. The minimum atomic E-state index is -0.773. The molecule has 2 rings (SSSR count). The van der Waals surface area contributed by atoms with Crippen LogP contribution in [0.1, 0.15) is 26.1 Å². The maximum Gasteiger partial charge on any atom is 0.317 e. The molecule has 0 saturated heterocycles. The SMILES string of the molecule is Cn1ccnc1C1(C(=O)O)CC1(C)C. The lowest BCUT2D eigenvalue weighted by atomic mass is 9.95. The van der Waals surface area contributed by atoms with Gasteiger partial charge in [-0.25, -0.2) is 4.98 Å². The average Bonchev–Trinajstić information content (AvgIpc) is 2.44. The highest BCUT2D eigenvalue weighted by Gasteiger charge is 2.70. The first-order chi connectivity index (χ1) is 6.42. The fourth-order valence-corrected chi connectivity index (χ4v) is 2.24. The minimum absolute atomic E-state index is 0.183. The van der Waals surface area contributed by atoms with Crippen LogP contribution in [-0.4, -0.2) is 20.6 Å². The molecule has 1 N–H and O–H groups in total. The van der Waals surface area contributed by atoms with E-state index in [0.717, 1.165) is 0 Å². The van der Waals surface area contributed by atoms with E-state index < -0.39 is 11.4 Å². The maximum absolute atomic E-state index is 11.3. The van der Waals surface area contributed by atoms with Crippen LogP contribution in [0.2, 0.25) is 0 Å². The van der Waals surface area contributed by atoms with Gasteiger partial charge in [-0.1, -0.05) is 13.8 Å². The molecule has 1 aliphatic carbocycles. The van der Waals surface area contributed by atoms with Crippen LogP contribution in [0.4, 0.5) is 0 Å². The van der Waals surface area contributed by atoms with E-state index >= 15 is 0 Å². The van der Waals surface area contributed by atoms with E-state index in [-0.39, 0.29) is 5.41 Å². The molecule has 14 heavy (non-hydrogen) atoms. The second-order valence-electron chi connectivity index (χ2n) is 4.63. The fraction of sp³-hybridized carbons (Fsp3) is 0.600. The highest BCUT2D eigenvalue weighted by molar-refractivity contribution is 5.85. The van der Waals surface area contributed by atoms with Crippen molar-refractivity contribution in [2.75, 3.05) is 0 Å². The van der Waals surface area contributed by atoms with Gasteiger partial charge >= 0.3 is 5.97 Å². The van der Waals surface area contributed by atoms with E-state index in [0.29, 0.717) is 12.2 Å². The zero-order chi connectivity index (χ0) is 10.6. The number of nitrogens with zero attached hydrogens (tertiary/aromatic N) is 2. The van der Waals surface area contributed by atoms with Gasteiger partial charge in [0.05, 0.1) is 0 Å². The average molecular weight is 194 g/mol. The number of rotatable bonds is 2. The molecule has 4 nitrogen and oxygen atoms in total. The molecule has 1 aliphatic rings. The largest absolute Gasteiger partial charge is 0.480 e. The van der Waals surface area contributed by atoms with Gasteiger partial charge in [0.2, 0.25) is 0 Å². The molecule has 0 amide bonds. The molecule has 0 bridgehead atoms. The Morgan fingerprint density at radius 2 is 2.21 bits per heavy atom. The lowest BCUT2D eigenvalue weighted by Crippen LogP contribution is -2.28. The Kier molecular flexibility index (Phi) is 1.57. The van der Waals surface area contributed by atoms with Gasteiger partial charge in [-0.2, -0.15) is 0 Å². The standard InChI is InChI=1S/C10H14N2O2/c1-9(2)6-10(9,8(13)14)7-11-4-5-12(7)3/h4-5H,6H2,1-3H3,(H,13,14). The Morgan fingerprint density at radius 1 is 1.64 bits per heavy atom. The van der Waals surface area contributed by atoms with Gasteiger partial charge in [0.1, 0.15) is 11.2 Å². The van der Waals surface area contributed by atoms with Gasteiger partial charge in [-0.05, 0) is 11.8 Å². The number of imidazole rings is 1. The van der Waals surface area contributed by atoms with Gasteiger partial charge in [0.25, 0.3) is 0 Å². The van der Waals surface area contributed by atoms with Crippen molar-refractivity contribution in [1.82, 2.24) is 9.55 Å². The molecular weight excluding hydrogens is 180 g/mol. The van der Waals surface area contributed by atoms with Crippen molar-refractivity contribution in [2.24, 2.45) is 12.5 Å². The zero-order valence-corrected chi connectivity index (χ0v) is 8.61. The van der Waals surface area contributed by atoms with Crippen LogP contribution in [0.15, 0.2) is 12.4 Å². The summed E-state index contributed by atoms with van der Waals surface area (Å²) in [5.74, 6) is -0.105. The molecule has 76 valence electrons. The molecule has 1 heterocycles. The first-order valence-electron chi connectivity index (χ1n) is 4.63. The van der Waals surface area contributed by atoms with Crippen molar-refractivity contribution >= 4 is 5.97 Å². The number of carboxylic acid groups (broad SMARTS) is 1. The van der Waals surface area contributed by atoms with Gasteiger partial charge in [-0.3, -0.25) is 4.79 Å². The van der Waals surface area contributed by atoms with Gasteiger partial charge in [-0.15, -0.1) is 0 Å². The Morgan fingerprint density at radius 3 is 2.50 bits per heavy atom. The minimum Gasteiger partial charge on any atom is -0.480 e. The first kappa shape index (κ1) is 9.24. The van der Waals surface area contributed by atoms with E-state index in [1.54, 1.807) is 17.0 Å². The third-order valence-electron chi connectivity index (χ3n) is 3.31. The van der Waals surface area contributed by atoms with E-state index in [4.69, 9.17) is 0 Å². The summed E-state index contributed by atoms with van der Waals surface area (Å²) in [6, 6.07) is 0. The zero-order valence-electron chi connectivity index (χ0n) is 8.61. The number of aliphatic carboxylic acids is 1. The Bertz CT molecular complexity index is 395. The lowest BCUT2D eigenvalue weighted by molar-refractivity contribution is -0.141. The third kappa shape index (κ3) is 0.882. The van der Waals surface area contributed by atoms with Gasteiger partial charge in [0.15, 0.2) is 0 Å². The molecule has 0 aromatic carbocycles. The topological polar surface area (TPSA) is 55.1 Å². The summed E-state index contributed by atoms with van der Waals surface area (Å²) in [5, 5.41) is 9.28. The van der Waals surface area contributed by atoms with E-state index in [9.17, 15) is 9.90 Å². The molecule has 1 unspecified atom stereocenters. The predicted molar refractivity (Wildman–Crippen MR) is 50.9 cm³/mol. The van der Waals surface area contributed by atoms with Crippen LogP contribution in [0.25, 0.3) is 0 Å². The molecule has 1 aromatic heterocycles. The normalized spacial score (nSPS) is 28.8. The summed E-state index contributed by atoms with van der Waals surface area (Å²) in [6.45, 7) is 3.94. The number of hydrogen-bond acceptors (Lipinski definition) is 2. The molecule has 1 aromatic rings. The molecule has 1 fully saturated rings. The molecule has 4 heteroatoms. The number of aromatic nitrogens is 2. The molecule has 0 aliphatic heterocycles. The summed E-state index contributed by atoms with van der Waals surface area (Å²) >= 11 is 0. The predicted octanol–water partition coefficient (Wildman–Crippen LogP) is 1.17. The molecule has 0 radical (unpaired) electrons. The summed E-state index contributed by atoms with van der Waals surface area (Å²) in [5.41, 5.74) is -0.955. The Hall–Kier alpha value is -1.32. The molecule has 1 atom stereocenters. The van der Waals surface area contributed by atoms with Crippen molar-refractivity contribution in [3.8, 4) is 0 Å². The lowest BCUT2D eigenvalue weighted by Gasteiger charge is -2.15. The number of carboxylic acids is 1. The van der Waals surface area contributed by atoms with Crippen molar-refractivity contribution in [3.63, 3.8) is 0 Å². The van der Waals surface area contributed by atoms with Gasteiger partial charge < -0.3 is 9.67 Å². The van der Waals surface area contributed by atoms with Crippen LogP contribution < -0.4 is 0 Å². The molecular formula is C10H14N2O2. The van der Waals surface area contributed by atoms with E-state index in [2.05, 4.69) is 4.98 Å². The Labute approximate surface area is 82.6 Å².